The first-order chi connectivity index (χ1) is 21.7. The van der Waals surface area contributed by atoms with Crippen molar-refractivity contribution in [3.63, 3.8) is 0 Å². The molecule has 2 aliphatic heterocycles. The number of nitrogens with one attached hydrogen (secondary N) is 2. The lowest BCUT2D eigenvalue weighted by Crippen LogP contribution is -2.32. The van der Waals surface area contributed by atoms with Crippen molar-refractivity contribution in [2.24, 2.45) is 19.8 Å². The van der Waals surface area contributed by atoms with Crippen LogP contribution in [-0.2, 0) is 40.0 Å². The maximum absolute atomic E-state index is 13.5. The molecule has 4 heterocycles. The molecule has 0 saturated carbocycles. The second-order valence-electron chi connectivity index (χ2n) is 12.0. The van der Waals surface area contributed by atoms with E-state index in [9.17, 15) is 9.59 Å². The molecule has 0 spiro atoms. The molecule has 0 unspecified atom stereocenters. The Morgan fingerprint density at radius 2 is 1.42 bits per heavy atom. The molecule has 0 bridgehead atoms. The molecule has 2 amide bonds. The number of nitrogens with zero attached hydrogens (tertiary/aromatic N) is 6. The highest BCUT2D eigenvalue weighted by Crippen LogP contribution is 2.38. The Bertz CT molecular complexity index is 1780. The van der Waals surface area contributed by atoms with Gasteiger partial charge in [-0.05, 0) is 56.7 Å². The van der Waals surface area contributed by atoms with Gasteiger partial charge >= 0.3 is 0 Å². The Hall–Kier alpha value is -4.03. The van der Waals surface area contributed by atoms with Crippen LogP contribution in [-0.4, -0.2) is 73.9 Å². The maximum atomic E-state index is 13.5. The van der Waals surface area contributed by atoms with E-state index in [1.165, 1.54) is 0 Å². The summed E-state index contributed by atoms with van der Waals surface area (Å²) < 4.78 is 3.78. The van der Waals surface area contributed by atoms with Gasteiger partial charge in [-0.25, -0.2) is 9.97 Å². The number of nitrogens with two attached hydrogens (primary N) is 1. The summed E-state index contributed by atoms with van der Waals surface area (Å²) in [5.74, 6) is 0.163. The first kappa shape index (κ1) is 31.0. The van der Waals surface area contributed by atoms with Crippen molar-refractivity contribution >= 4 is 34.8 Å². The Labute approximate surface area is 268 Å². The average Bonchev–Trinajstić information content (AvgIpc) is 3.53. The number of benzene rings is 2. The van der Waals surface area contributed by atoms with Crippen LogP contribution in [0.5, 0.6) is 0 Å². The molecular formula is C33H40ClN9O2. The minimum absolute atomic E-state index is 0.267. The van der Waals surface area contributed by atoms with Gasteiger partial charge in [0.1, 0.15) is 0 Å². The molecule has 2 aliphatic rings. The van der Waals surface area contributed by atoms with Crippen LogP contribution in [0.15, 0.2) is 36.4 Å². The van der Waals surface area contributed by atoms with E-state index >= 15 is 0 Å². The summed E-state index contributed by atoms with van der Waals surface area (Å²) in [5, 5.41) is 6.45. The molecule has 11 nitrogen and oxygen atoms in total. The molecule has 0 aliphatic carbocycles. The second-order valence-corrected chi connectivity index (χ2v) is 12.4. The molecule has 0 radical (unpaired) electrons. The van der Waals surface area contributed by atoms with Crippen molar-refractivity contribution in [3.8, 4) is 11.1 Å². The number of carbonyl (C=O) groups excluding carboxylic acids is 2. The van der Waals surface area contributed by atoms with Crippen molar-refractivity contribution in [3.05, 3.63) is 81.4 Å². The lowest BCUT2D eigenvalue weighted by molar-refractivity contribution is 0.100. The molecule has 2 aromatic heterocycles. The highest BCUT2D eigenvalue weighted by atomic mass is 35.5. The van der Waals surface area contributed by atoms with Crippen molar-refractivity contribution in [1.82, 2.24) is 28.9 Å². The van der Waals surface area contributed by atoms with Crippen LogP contribution >= 0.6 is 11.6 Å². The van der Waals surface area contributed by atoms with Gasteiger partial charge < -0.3 is 30.4 Å². The summed E-state index contributed by atoms with van der Waals surface area (Å²) in [7, 11) is 5.83. The van der Waals surface area contributed by atoms with Gasteiger partial charge in [0, 0.05) is 75.8 Å². The smallest absolute Gasteiger partial charge is 0.291 e. The van der Waals surface area contributed by atoms with Crippen LogP contribution in [0.25, 0.3) is 11.1 Å². The van der Waals surface area contributed by atoms with Crippen LogP contribution in [0.4, 0.5) is 11.4 Å². The van der Waals surface area contributed by atoms with Gasteiger partial charge in [0.15, 0.2) is 11.6 Å². The summed E-state index contributed by atoms with van der Waals surface area (Å²) in [6.45, 7) is 6.82. The zero-order valence-electron chi connectivity index (χ0n) is 26.3. The quantitative estimate of drug-likeness (QED) is 0.269. The molecule has 12 heteroatoms. The third-order valence-electron chi connectivity index (χ3n) is 8.99. The van der Waals surface area contributed by atoms with E-state index in [-0.39, 0.29) is 11.8 Å². The van der Waals surface area contributed by atoms with E-state index in [1.54, 1.807) is 6.07 Å². The van der Waals surface area contributed by atoms with Crippen molar-refractivity contribution in [2.45, 2.75) is 39.3 Å². The molecule has 236 valence electrons. The number of anilines is 2. The Kier molecular flexibility index (Phi) is 8.78. The maximum Gasteiger partial charge on any atom is 0.291 e. The third kappa shape index (κ3) is 6.00. The predicted molar refractivity (Wildman–Crippen MR) is 177 cm³/mol. The second kappa shape index (κ2) is 12.8. The highest BCUT2D eigenvalue weighted by Gasteiger charge is 2.27. The first-order valence-electron chi connectivity index (χ1n) is 15.4. The fourth-order valence-electron chi connectivity index (χ4n) is 6.41. The van der Waals surface area contributed by atoms with Gasteiger partial charge in [-0.2, -0.15) is 0 Å². The van der Waals surface area contributed by atoms with E-state index in [0.29, 0.717) is 34.6 Å². The van der Waals surface area contributed by atoms with Gasteiger partial charge in [0.25, 0.3) is 11.8 Å². The normalized spacial score (nSPS) is 15.1. The molecule has 0 saturated heterocycles. The topological polar surface area (TPSA) is 126 Å². The molecule has 0 fully saturated rings. The lowest BCUT2D eigenvalue weighted by Gasteiger charge is -2.26. The molecule has 0 atom stereocenters. The summed E-state index contributed by atoms with van der Waals surface area (Å²) in [5.41, 5.74) is 13.3. The van der Waals surface area contributed by atoms with Crippen molar-refractivity contribution in [2.75, 3.05) is 43.9 Å². The number of fused-ring (bicyclic) bond motifs is 2. The number of rotatable bonds is 8. The van der Waals surface area contributed by atoms with Crippen LogP contribution in [0, 0.1) is 6.92 Å². The number of hydrogen-bond acceptors (Lipinski definition) is 7. The number of likely N-dealkylation sites (N-methyl/N-ethyl adjacent to an activating group) is 1. The molecule has 2 aromatic carbocycles. The molecule has 4 aromatic rings. The van der Waals surface area contributed by atoms with Gasteiger partial charge in [0.2, 0.25) is 0 Å². The van der Waals surface area contributed by atoms with Crippen LogP contribution in [0.2, 0.25) is 5.02 Å². The lowest BCUT2D eigenvalue weighted by atomic mass is 9.98. The molecule has 4 N–H and O–H groups in total. The fraction of sp³-hybridized carbons (Fsp3) is 0.394. The number of amides is 2. The molecule has 45 heavy (non-hydrogen) atoms. The summed E-state index contributed by atoms with van der Waals surface area (Å²) in [4.78, 5) is 40.7. The zero-order chi connectivity index (χ0) is 31.8. The highest BCUT2D eigenvalue weighted by molar-refractivity contribution is 6.36. The molecular weight excluding hydrogens is 590 g/mol. The van der Waals surface area contributed by atoms with E-state index in [2.05, 4.69) is 32.5 Å². The standard InChI is InChI=1S/C33H40ClN9O2/c1-20-21(8-5-10-23(20)38-32(44)30-37-26-19-43(15-7-14-35)17-13-28(26)42(30)4)22-9-6-11-24(29(22)34)39-33(45)31-36-25-18-40(2)16-12-27(25)41(31)3/h5-6,8-11H,7,12-19,35H2,1-4H3,(H,38,44)(H,39,45). The summed E-state index contributed by atoms with van der Waals surface area (Å²) in [6.07, 6.45) is 2.63. The monoisotopic (exact) mass is 629 g/mol. The third-order valence-corrected chi connectivity index (χ3v) is 9.39. The summed E-state index contributed by atoms with van der Waals surface area (Å²) in [6, 6.07) is 11.2. The van der Waals surface area contributed by atoms with Gasteiger partial charge in [0.05, 0.1) is 22.1 Å². The number of carbonyl (C=O) groups is 2. The van der Waals surface area contributed by atoms with E-state index in [0.717, 1.165) is 91.5 Å². The van der Waals surface area contributed by atoms with E-state index in [4.69, 9.17) is 22.3 Å². The first-order valence-corrected chi connectivity index (χ1v) is 15.7. The largest absolute Gasteiger partial charge is 0.330 e. The Balaban J connectivity index is 1.21. The predicted octanol–water partition coefficient (Wildman–Crippen LogP) is 3.98. The zero-order valence-corrected chi connectivity index (χ0v) is 27.0. The fourth-order valence-corrected chi connectivity index (χ4v) is 6.68. The Morgan fingerprint density at radius 3 is 2.09 bits per heavy atom. The van der Waals surface area contributed by atoms with E-state index < -0.39 is 0 Å². The van der Waals surface area contributed by atoms with Crippen molar-refractivity contribution < 1.29 is 9.59 Å². The van der Waals surface area contributed by atoms with Crippen LogP contribution in [0.1, 0.15) is 56.0 Å². The van der Waals surface area contributed by atoms with Crippen LogP contribution < -0.4 is 16.4 Å². The van der Waals surface area contributed by atoms with Gasteiger partial charge in [-0.3, -0.25) is 14.5 Å². The molecule has 6 rings (SSSR count). The number of hydrogen-bond donors (Lipinski definition) is 3. The minimum atomic E-state index is -0.313. The average molecular weight is 630 g/mol. The SMILES string of the molecule is Cc1c(NC(=O)c2nc3c(n2C)CCN(CCCN)C3)cccc1-c1cccc(NC(=O)c2nc3c(n2C)CCN(C)C3)c1Cl. The number of aromatic nitrogens is 4. The minimum Gasteiger partial charge on any atom is -0.330 e. The van der Waals surface area contributed by atoms with E-state index in [1.807, 2.05) is 60.5 Å². The van der Waals surface area contributed by atoms with Crippen LogP contribution in [0.3, 0.4) is 0 Å². The Morgan fingerprint density at radius 1 is 0.844 bits per heavy atom. The number of imidazole rings is 2. The number of halogens is 1. The summed E-state index contributed by atoms with van der Waals surface area (Å²) >= 11 is 6.92. The van der Waals surface area contributed by atoms with Crippen molar-refractivity contribution in [1.29, 1.82) is 0 Å². The van der Waals surface area contributed by atoms with Gasteiger partial charge in [-0.15, -0.1) is 0 Å². The van der Waals surface area contributed by atoms with Gasteiger partial charge in [-0.1, -0.05) is 35.9 Å².